The molecular weight excluding hydrogens is 1800 g/mol. The predicted molar refractivity (Wildman–Crippen MR) is 476 cm³/mol. The van der Waals surface area contributed by atoms with Crippen molar-refractivity contribution < 1.29 is 134 Å². The van der Waals surface area contributed by atoms with Crippen molar-refractivity contribution in [1.82, 2.24) is 75.6 Å². The van der Waals surface area contributed by atoms with Gasteiger partial charge >= 0.3 is 34.4 Å². The number of imide groups is 1. The molecule has 4 fully saturated rings. The normalized spacial score (nSPS) is 21.3. The summed E-state index contributed by atoms with van der Waals surface area (Å²) in [5.41, 5.74) is 7.46. The number of likely N-dealkylation sites (N-methyl/N-ethyl adjacent to an activating group) is 1. The van der Waals surface area contributed by atoms with Crippen molar-refractivity contribution in [2.75, 3.05) is 92.4 Å². The van der Waals surface area contributed by atoms with Crippen molar-refractivity contribution in [1.29, 1.82) is 0 Å². The number of carboxylic acids is 1. The molecule has 14 N–H and O–H groups in total. The topological polar surface area (TPSA) is 599 Å². The summed E-state index contributed by atoms with van der Waals surface area (Å²) in [6.07, 6.45) is -3.80. The number of hydrogen-bond acceptors (Lipinski definition) is 31. The molecule has 18 atom stereocenters. The van der Waals surface area contributed by atoms with Gasteiger partial charge in [-0.15, -0.1) is 16.4 Å². The number of rotatable bonds is 54. The second-order valence-electron chi connectivity index (χ2n) is 34.2. The van der Waals surface area contributed by atoms with Crippen LogP contribution in [0.5, 0.6) is 0 Å². The first kappa shape index (κ1) is 107. The number of nitrogens with two attached hydrogens (primary N) is 1. The minimum absolute atomic E-state index is 0.00319. The number of benzene rings is 2. The van der Waals surface area contributed by atoms with Crippen molar-refractivity contribution in [2.45, 2.75) is 237 Å². The summed E-state index contributed by atoms with van der Waals surface area (Å²) >= 11 is 1.45. The number of ether oxygens (including phenoxy) is 9. The summed E-state index contributed by atoms with van der Waals surface area (Å²) in [5, 5.41) is 67.0. The lowest BCUT2D eigenvalue weighted by Crippen LogP contribution is -2.60. The molecule has 0 spiro atoms. The van der Waals surface area contributed by atoms with Gasteiger partial charge in [0.25, 0.3) is 11.8 Å². The molecule has 45 nitrogen and oxygen atoms in total. The lowest BCUT2D eigenvalue weighted by Gasteiger charge is -2.41. The number of carbonyl (C=O) groups excluding carboxylic acids is 12. The average Bonchev–Trinajstić information content (AvgIpc) is 1.61. The van der Waals surface area contributed by atoms with E-state index < -0.39 is 198 Å². The largest absolute Gasteiger partial charge is 0.479 e. The number of urea groups is 1. The summed E-state index contributed by atoms with van der Waals surface area (Å²) < 4.78 is 81.0. The van der Waals surface area contributed by atoms with Crippen LogP contribution in [0.3, 0.4) is 0 Å². The minimum Gasteiger partial charge on any atom is -0.479 e. The van der Waals surface area contributed by atoms with Crippen molar-refractivity contribution in [3.8, 4) is 0 Å². The maximum Gasteiger partial charge on any atom is 0.421 e. The summed E-state index contributed by atoms with van der Waals surface area (Å²) in [6, 6.07) is 6.88. The van der Waals surface area contributed by atoms with Crippen LogP contribution in [-0.2, 0) is 134 Å². The molecule has 9 rings (SSSR count). The number of nitrogens with one attached hydrogen (secondary N) is 8. The summed E-state index contributed by atoms with van der Waals surface area (Å²) in [5.74, 6) is -8.45. The number of aliphatic carboxylic acids is 1. The van der Waals surface area contributed by atoms with Crippen molar-refractivity contribution in [3.63, 3.8) is 0 Å². The number of aliphatic hydroxyl groups excluding tert-OH is 3. The second-order valence-corrected chi connectivity index (χ2v) is 36.6. The number of aromatic nitrogens is 4. The number of nitrogens with zero attached hydrogens (tertiary/aromatic N) is 8. The van der Waals surface area contributed by atoms with Crippen molar-refractivity contribution >= 4 is 105 Å². The Bertz CT molecular complexity index is 4750. The van der Waals surface area contributed by atoms with Gasteiger partial charge in [0, 0.05) is 82.8 Å². The van der Waals surface area contributed by atoms with E-state index in [1.54, 1.807) is 68.5 Å². The van der Waals surface area contributed by atoms with Gasteiger partial charge in [0.2, 0.25) is 41.4 Å². The fraction of sp³-hybridized carbons (Fsp3) is 0.632. The number of piperidine rings is 1. The van der Waals surface area contributed by atoms with Crippen LogP contribution in [0.25, 0.3) is 0 Å². The Hall–Kier alpha value is -10.8. The Morgan fingerprint density at radius 3 is 2.16 bits per heavy atom. The van der Waals surface area contributed by atoms with Gasteiger partial charge in [0.1, 0.15) is 66.4 Å². The van der Waals surface area contributed by atoms with E-state index in [4.69, 9.17) is 48.4 Å². The van der Waals surface area contributed by atoms with E-state index in [1.165, 1.54) is 53.5 Å². The molecule has 47 heteroatoms. The number of hydrogen-bond donors (Lipinski definition) is 13. The monoisotopic (exact) mass is 1920 g/mol. The molecule has 4 aromatic rings. The number of aliphatic hydroxyl groups is 3. The fourth-order valence-corrected chi connectivity index (χ4v) is 18.3. The molecule has 740 valence electrons. The molecule has 2 aromatic heterocycles. The summed E-state index contributed by atoms with van der Waals surface area (Å²) in [4.78, 5) is 186. The number of thiazole rings is 1. The lowest BCUT2D eigenvalue weighted by molar-refractivity contribution is -0.295. The number of primary amides is 1. The molecule has 0 unspecified atom stereocenters. The third-order valence-corrected chi connectivity index (χ3v) is 26.1. The van der Waals surface area contributed by atoms with Gasteiger partial charge in [-0.2, -0.15) is 13.1 Å². The summed E-state index contributed by atoms with van der Waals surface area (Å²) in [7, 11) is 0.163. The first-order chi connectivity index (χ1) is 63.9. The third kappa shape index (κ3) is 30.3. The Morgan fingerprint density at radius 2 is 1.49 bits per heavy atom. The molecule has 2 aromatic carbocycles. The second kappa shape index (κ2) is 51.8. The van der Waals surface area contributed by atoms with E-state index in [1.807, 2.05) is 49.6 Å². The highest BCUT2D eigenvalue weighted by molar-refractivity contribution is 7.88. The SMILES string of the molecule is CC[C@H](C)[C@@H]([C@@H](CC(=O)N1CCC[C@H]1[C@H](OC)[C@@H](C)C(=O)N[C@@H](Cc1ccccc1)c1nccs1)OC)N(C)C(=O)[C@@H](NC(=O)[C@@H]1[C@H]2CC[C@H](C2)N1C(=O)OCc1ccc(NC(=O)[C@H](CCCNC(N)=O)NC(=O)[C@@H](NC(=O)CCOCCN2C(=O)C=CC2=O)C(C)C)cc1COCc1cn(CCOC(=O)NS(=O)(=O)NCCOCCO[C@H]2O[C@H](C(=O)O)[C@@H](O)[C@H](O)[C@H]2O)nn1)C(C)C. The van der Waals surface area contributed by atoms with Gasteiger partial charge in [0.15, 0.2) is 12.4 Å². The van der Waals surface area contributed by atoms with Crippen molar-refractivity contribution in [3.05, 3.63) is 106 Å². The Morgan fingerprint density at radius 1 is 0.754 bits per heavy atom. The Kier molecular flexibility index (Phi) is 41.3. The molecule has 1 aliphatic carbocycles. The van der Waals surface area contributed by atoms with Gasteiger partial charge in [-0.05, 0) is 104 Å². The molecule has 1 saturated carbocycles. The number of fused-ring (bicyclic) bond motifs is 2. The van der Waals surface area contributed by atoms with Crippen LogP contribution in [0.15, 0.2) is 78.5 Å². The van der Waals surface area contributed by atoms with Crippen molar-refractivity contribution in [2.24, 2.45) is 35.3 Å². The molecule has 2 bridgehead atoms. The van der Waals surface area contributed by atoms with E-state index in [-0.39, 0.29) is 133 Å². The van der Waals surface area contributed by atoms with Crippen LogP contribution in [0.2, 0.25) is 0 Å². The van der Waals surface area contributed by atoms with Crippen LogP contribution in [0.4, 0.5) is 20.1 Å². The number of carbonyl (C=O) groups is 13. The smallest absolute Gasteiger partial charge is 0.421 e. The van der Waals surface area contributed by atoms with E-state index in [9.17, 15) is 81.6 Å². The average molecular weight is 1920 g/mol. The first-order valence-electron chi connectivity index (χ1n) is 44.7. The highest BCUT2D eigenvalue weighted by atomic mass is 32.2. The Labute approximate surface area is 780 Å². The van der Waals surface area contributed by atoms with Crippen LogP contribution in [0.1, 0.15) is 146 Å². The first-order valence-corrected chi connectivity index (χ1v) is 47.1. The molecule has 4 aliphatic heterocycles. The molecule has 0 radical (unpaired) electrons. The van der Waals surface area contributed by atoms with Gasteiger partial charge in [-0.1, -0.05) is 96.5 Å². The van der Waals surface area contributed by atoms with Crippen LogP contribution < -0.4 is 47.1 Å². The zero-order valence-electron chi connectivity index (χ0n) is 76.8. The van der Waals surface area contributed by atoms with E-state index >= 15 is 9.59 Å². The van der Waals surface area contributed by atoms with Gasteiger partial charge < -0.3 is 110 Å². The van der Waals surface area contributed by atoms with E-state index in [0.29, 0.717) is 62.6 Å². The minimum atomic E-state index is -4.49. The molecule has 3 saturated heterocycles. The zero-order valence-corrected chi connectivity index (χ0v) is 78.4. The quantitative estimate of drug-likeness (QED) is 0.0216. The molecule has 134 heavy (non-hydrogen) atoms. The maximum absolute atomic E-state index is 15.3. The zero-order chi connectivity index (χ0) is 97.6. The van der Waals surface area contributed by atoms with Crippen LogP contribution in [0, 0.1) is 29.6 Å². The number of anilines is 1. The Balaban J connectivity index is 0.845. The standard InChI is InChI=1S/C87H127N17O28S2/c1-11-51(6)70(63(124-9)44-67(108)102-31-16-20-62(102)75(125-10)52(7)77(112)94-61(81-89-30-40-133-81)41-53-17-13-12-14-18-53)100(8)82(116)69(50(4)5)96-80(115)71-54-22-24-59(43-54)104(71)87(121)131-47-55-21-23-57(92-78(113)60(19-15-28-90-85(88)119)93-79(114)68(49(2)3)95-64(105)27-34-126-36-33-103-65(106)25-26-66(103)107)42-56(55)46-128-48-58-45-101(99-97-58)32-37-130-86(120)98-134(122,123)91-29-35-127-38-39-129-84-74(111)72(109)73(110)76(132-84)83(117)118/h12-14,17-18,21,23,25-26,30,40,42,45,49-52,54,59-63,68-76,84,91,109-111H,11,15-16,19-20,22,24,27-29,31-39,41,43-44,46-48H2,1-10H3,(H,92,113)(H,93,114)(H,94,112)(H,95,105)(H,96,115)(H,98,120)(H,117,118)(H3,88,90,119)/t51-,52+,54-,59+,60-,61-,62-,63+,68-,69-,70-,71-,72-,73-,74+,75+,76-,84-/m0/s1. The molecular formula is C87H127N17O28S2. The fourth-order valence-electron chi connectivity index (χ4n) is 16.9. The van der Waals surface area contributed by atoms with E-state index in [0.717, 1.165) is 27.6 Å². The molecule has 6 heterocycles. The predicted octanol–water partition coefficient (Wildman–Crippen LogP) is 0.932. The van der Waals surface area contributed by atoms with Crippen LogP contribution in [-0.4, -0.2) is 318 Å². The van der Waals surface area contributed by atoms with Gasteiger partial charge in [-0.3, -0.25) is 53.0 Å². The lowest BCUT2D eigenvalue weighted by atomic mass is 9.89. The molecule has 5 aliphatic rings. The van der Waals surface area contributed by atoms with Gasteiger partial charge in [0.05, 0.1) is 108 Å². The van der Waals surface area contributed by atoms with Crippen LogP contribution >= 0.6 is 11.3 Å². The highest BCUT2D eigenvalue weighted by Crippen LogP contribution is 2.44. The van der Waals surface area contributed by atoms with Gasteiger partial charge in [-0.25, -0.2) is 33.6 Å². The number of likely N-dealkylation sites (tertiary alicyclic amines) is 2. The number of methoxy groups -OCH3 is 2. The third-order valence-electron chi connectivity index (χ3n) is 24.2. The van der Waals surface area contributed by atoms with E-state index in [2.05, 4.69) is 51.9 Å². The number of carboxylic acid groups (broad SMARTS) is 1. The number of amides is 13. The highest BCUT2D eigenvalue weighted by Gasteiger charge is 2.54. The molecule has 13 amide bonds. The summed E-state index contributed by atoms with van der Waals surface area (Å²) in [6.45, 7) is 10.2. The maximum atomic E-state index is 15.3.